The Morgan fingerprint density at radius 3 is 2.89 bits per heavy atom. The average Bonchev–Trinajstić information content (AvgIpc) is 2.71. The van der Waals surface area contributed by atoms with E-state index in [-0.39, 0.29) is 0 Å². The maximum Gasteiger partial charge on any atom is 0.0869 e. The van der Waals surface area contributed by atoms with Crippen molar-refractivity contribution < 1.29 is 0 Å². The third-order valence-corrected chi connectivity index (χ3v) is 3.62. The van der Waals surface area contributed by atoms with Crippen LogP contribution in [0.2, 0.25) is 0 Å². The Bertz CT molecular complexity index is 599. The number of halogens is 1. The molecule has 18 heavy (non-hydrogen) atoms. The highest BCUT2D eigenvalue weighted by Gasteiger charge is 2.26. The van der Waals surface area contributed by atoms with E-state index in [1.165, 1.54) is 0 Å². The molecule has 0 unspecified atom stereocenters. The molecule has 3 heterocycles. The van der Waals surface area contributed by atoms with E-state index in [0.29, 0.717) is 0 Å². The molecule has 0 atom stereocenters. The van der Waals surface area contributed by atoms with Crippen LogP contribution < -0.4 is 10.0 Å². The number of pyridine rings is 2. The molecule has 3 rings (SSSR count). The molecule has 5 heteroatoms. The van der Waals surface area contributed by atoms with E-state index in [9.17, 15) is 0 Å². The lowest BCUT2D eigenvalue weighted by molar-refractivity contribution is 0.825. The van der Waals surface area contributed by atoms with Crippen molar-refractivity contribution in [2.45, 2.75) is 13.5 Å². The lowest BCUT2D eigenvalue weighted by Crippen LogP contribution is -2.34. The number of aryl methyl sites for hydroxylation is 1. The fourth-order valence-electron chi connectivity index (χ4n) is 2.23. The molecule has 0 saturated carbocycles. The second-order valence-corrected chi connectivity index (χ2v) is 5.22. The average molecular weight is 305 g/mol. The van der Waals surface area contributed by atoms with Gasteiger partial charge in [-0.25, -0.2) is 0 Å². The molecule has 0 aliphatic carbocycles. The lowest BCUT2D eigenvalue weighted by atomic mass is 10.3. The smallest absolute Gasteiger partial charge is 0.0869 e. The highest BCUT2D eigenvalue weighted by molar-refractivity contribution is 9.10. The fourth-order valence-corrected chi connectivity index (χ4v) is 2.55. The molecule has 1 aliphatic heterocycles. The summed E-state index contributed by atoms with van der Waals surface area (Å²) in [4.78, 5) is 8.81. The lowest BCUT2D eigenvalue weighted by Gasteiger charge is -2.29. The summed E-state index contributed by atoms with van der Waals surface area (Å²) in [6, 6.07) is 6.14. The number of anilines is 2. The molecule has 0 bridgehead atoms. The van der Waals surface area contributed by atoms with Crippen LogP contribution in [0, 0.1) is 6.92 Å². The topological polar surface area (TPSA) is 32.3 Å². The Labute approximate surface area is 114 Å². The summed E-state index contributed by atoms with van der Waals surface area (Å²) in [5.41, 5.74) is 4.36. The summed E-state index contributed by atoms with van der Waals surface area (Å²) in [5, 5.41) is 4.31. The Morgan fingerprint density at radius 2 is 2.11 bits per heavy atom. The first-order valence-electron chi connectivity index (χ1n) is 5.74. The Kier molecular flexibility index (Phi) is 2.70. The van der Waals surface area contributed by atoms with Crippen LogP contribution in [0.15, 0.2) is 35.1 Å². The zero-order chi connectivity index (χ0) is 12.7. The summed E-state index contributed by atoms with van der Waals surface area (Å²) in [7, 11) is 2.05. The van der Waals surface area contributed by atoms with Crippen molar-refractivity contribution in [2.24, 2.45) is 0 Å². The first-order chi connectivity index (χ1) is 8.66. The standard InChI is InChI=1S/C13H13BrN4/c1-9-13(6-10(14)7-16-9)18-8-11-12(17(18)2)4-3-5-15-11/h3-7H,8H2,1-2H3. The Balaban J connectivity index is 2.04. The van der Waals surface area contributed by atoms with Gasteiger partial charge in [-0.1, -0.05) is 0 Å². The van der Waals surface area contributed by atoms with Crippen molar-refractivity contribution in [3.8, 4) is 0 Å². The minimum atomic E-state index is 0.783. The minimum Gasteiger partial charge on any atom is -0.286 e. The fraction of sp³-hybridized carbons (Fsp3) is 0.231. The first kappa shape index (κ1) is 11.5. The Morgan fingerprint density at radius 1 is 1.28 bits per heavy atom. The van der Waals surface area contributed by atoms with Crippen LogP contribution in [-0.2, 0) is 6.54 Å². The van der Waals surface area contributed by atoms with Gasteiger partial charge in [0.15, 0.2) is 0 Å². The van der Waals surface area contributed by atoms with E-state index in [0.717, 1.165) is 33.8 Å². The van der Waals surface area contributed by atoms with E-state index >= 15 is 0 Å². The highest BCUT2D eigenvalue weighted by Crippen LogP contribution is 2.34. The van der Waals surface area contributed by atoms with Crippen molar-refractivity contribution in [1.29, 1.82) is 0 Å². The first-order valence-corrected chi connectivity index (χ1v) is 6.53. The van der Waals surface area contributed by atoms with E-state index < -0.39 is 0 Å². The molecule has 0 amide bonds. The van der Waals surface area contributed by atoms with Crippen LogP contribution in [0.4, 0.5) is 11.4 Å². The molecule has 4 nitrogen and oxygen atoms in total. The summed E-state index contributed by atoms with van der Waals surface area (Å²) in [5.74, 6) is 0. The summed E-state index contributed by atoms with van der Waals surface area (Å²) in [6.45, 7) is 2.80. The molecule has 0 radical (unpaired) electrons. The normalized spacial score (nSPS) is 13.9. The van der Waals surface area contributed by atoms with Crippen molar-refractivity contribution in [1.82, 2.24) is 9.97 Å². The molecule has 92 valence electrons. The third-order valence-electron chi connectivity index (χ3n) is 3.18. The highest BCUT2D eigenvalue weighted by atomic mass is 79.9. The van der Waals surface area contributed by atoms with Crippen molar-refractivity contribution in [3.63, 3.8) is 0 Å². The SMILES string of the molecule is Cc1ncc(Br)cc1N1Cc2ncccc2N1C. The van der Waals surface area contributed by atoms with Gasteiger partial charge in [0.2, 0.25) is 0 Å². The van der Waals surface area contributed by atoms with Gasteiger partial charge in [0.25, 0.3) is 0 Å². The maximum absolute atomic E-state index is 4.42. The van der Waals surface area contributed by atoms with Gasteiger partial charge in [-0.05, 0) is 41.1 Å². The molecular formula is C13H13BrN4. The van der Waals surface area contributed by atoms with Crippen LogP contribution in [0.5, 0.6) is 0 Å². The molecule has 1 aliphatic rings. The minimum absolute atomic E-state index is 0.783. The summed E-state index contributed by atoms with van der Waals surface area (Å²) in [6.07, 6.45) is 3.66. The summed E-state index contributed by atoms with van der Waals surface area (Å²) >= 11 is 3.48. The summed E-state index contributed by atoms with van der Waals surface area (Å²) < 4.78 is 0.986. The van der Waals surface area contributed by atoms with Gasteiger partial charge in [0, 0.05) is 23.9 Å². The van der Waals surface area contributed by atoms with Gasteiger partial charge < -0.3 is 0 Å². The van der Waals surface area contributed by atoms with Gasteiger partial charge in [0.05, 0.1) is 29.3 Å². The quantitative estimate of drug-likeness (QED) is 0.811. The van der Waals surface area contributed by atoms with Crippen LogP contribution in [-0.4, -0.2) is 17.0 Å². The maximum atomic E-state index is 4.42. The zero-order valence-corrected chi connectivity index (χ0v) is 11.8. The van der Waals surface area contributed by atoms with Crippen LogP contribution in [0.1, 0.15) is 11.4 Å². The number of fused-ring (bicyclic) bond motifs is 1. The predicted molar refractivity (Wildman–Crippen MR) is 75.5 cm³/mol. The predicted octanol–water partition coefficient (Wildman–Crippen LogP) is 2.92. The monoisotopic (exact) mass is 304 g/mol. The van der Waals surface area contributed by atoms with Crippen LogP contribution in [0.3, 0.4) is 0 Å². The molecule has 0 spiro atoms. The van der Waals surface area contributed by atoms with E-state index in [2.05, 4.69) is 48.0 Å². The number of nitrogens with zero attached hydrogens (tertiary/aromatic N) is 4. The number of rotatable bonds is 1. The van der Waals surface area contributed by atoms with Gasteiger partial charge in [-0.2, -0.15) is 0 Å². The van der Waals surface area contributed by atoms with Crippen LogP contribution in [0.25, 0.3) is 0 Å². The number of hydrogen-bond donors (Lipinski definition) is 0. The van der Waals surface area contributed by atoms with Crippen molar-refractivity contribution in [3.05, 3.63) is 46.5 Å². The number of aromatic nitrogens is 2. The molecule has 0 N–H and O–H groups in total. The van der Waals surface area contributed by atoms with E-state index in [4.69, 9.17) is 0 Å². The zero-order valence-electron chi connectivity index (χ0n) is 10.3. The largest absolute Gasteiger partial charge is 0.286 e. The van der Waals surface area contributed by atoms with Gasteiger partial charge in [-0.3, -0.25) is 20.0 Å². The molecular weight excluding hydrogens is 292 g/mol. The molecule has 2 aromatic heterocycles. The second kappa shape index (κ2) is 4.24. The van der Waals surface area contributed by atoms with E-state index in [1.54, 1.807) is 0 Å². The molecule has 2 aromatic rings. The van der Waals surface area contributed by atoms with Gasteiger partial charge in [-0.15, -0.1) is 0 Å². The van der Waals surface area contributed by atoms with E-state index in [1.807, 2.05) is 32.4 Å². The molecule has 0 saturated heterocycles. The number of hydrazine groups is 1. The Hall–Kier alpha value is -1.62. The second-order valence-electron chi connectivity index (χ2n) is 4.31. The van der Waals surface area contributed by atoms with Gasteiger partial charge in [0.1, 0.15) is 0 Å². The van der Waals surface area contributed by atoms with Gasteiger partial charge >= 0.3 is 0 Å². The van der Waals surface area contributed by atoms with Crippen LogP contribution >= 0.6 is 15.9 Å². The number of hydrogen-bond acceptors (Lipinski definition) is 4. The van der Waals surface area contributed by atoms with Crippen molar-refractivity contribution >= 4 is 27.3 Å². The molecule has 0 fully saturated rings. The third kappa shape index (κ3) is 1.75. The van der Waals surface area contributed by atoms with Crippen molar-refractivity contribution in [2.75, 3.05) is 17.1 Å². The molecule has 0 aromatic carbocycles.